The number of rotatable bonds is 4. The van der Waals surface area contributed by atoms with E-state index in [0.29, 0.717) is 18.1 Å². The van der Waals surface area contributed by atoms with Gasteiger partial charge in [-0.1, -0.05) is 18.5 Å². The summed E-state index contributed by atoms with van der Waals surface area (Å²) in [7, 11) is 0. The van der Waals surface area contributed by atoms with Crippen LogP contribution in [0.25, 0.3) is 0 Å². The van der Waals surface area contributed by atoms with Gasteiger partial charge in [0, 0.05) is 12.1 Å². The van der Waals surface area contributed by atoms with Crippen molar-refractivity contribution in [3.63, 3.8) is 0 Å². The van der Waals surface area contributed by atoms with Crippen molar-refractivity contribution in [2.24, 2.45) is 0 Å². The van der Waals surface area contributed by atoms with Gasteiger partial charge in [-0.05, 0) is 19.8 Å². The fourth-order valence-corrected chi connectivity index (χ4v) is 1.42. The van der Waals surface area contributed by atoms with Crippen LogP contribution < -0.4 is 0 Å². The molecule has 0 aromatic carbocycles. The van der Waals surface area contributed by atoms with Gasteiger partial charge < -0.3 is 5.11 Å². The molecule has 0 aliphatic carbocycles. The van der Waals surface area contributed by atoms with E-state index in [1.54, 1.807) is 17.8 Å². The summed E-state index contributed by atoms with van der Waals surface area (Å²) >= 11 is 6.03. The first-order chi connectivity index (χ1) is 6.15. The predicted molar refractivity (Wildman–Crippen MR) is 52.9 cm³/mol. The number of aryl methyl sites for hydroxylation is 2. The van der Waals surface area contributed by atoms with Crippen LogP contribution in [0.4, 0.5) is 0 Å². The summed E-state index contributed by atoms with van der Waals surface area (Å²) in [5.41, 5.74) is 1.06. The van der Waals surface area contributed by atoms with E-state index in [2.05, 4.69) is 5.10 Å². The van der Waals surface area contributed by atoms with Crippen molar-refractivity contribution in [3.05, 3.63) is 16.9 Å². The van der Waals surface area contributed by atoms with Crippen molar-refractivity contribution in [2.45, 2.75) is 39.3 Å². The first-order valence-electron chi connectivity index (χ1n) is 4.53. The third kappa shape index (κ3) is 2.71. The average molecular weight is 203 g/mol. The second-order valence-electron chi connectivity index (χ2n) is 3.18. The average Bonchev–Trinajstić information content (AvgIpc) is 2.43. The standard InChI is InChI=1S/C9H15ClN2O/c1-3-8-6-11-12(9(8)10)5-4-7(2)13/h6-7,13H,3-5H2,1-2H3. The number of hydrogen-bond acceptors (Lipinski definition) is 2. The highest BCUT2D eigenvalue weighted by Gasteiger charge is 2.06. The smallest absolute Gasteiger partial charge is 0.130 e. The predicted octanol–water partition coefficient (Wildman–Crippen LogP) is 1.87. The molecule has 0 aliphatic rings. The quantitative estimate of drug-likeness (QED) is 0.810. The van der Waals surface area contributed by atoms with Crippen molar-refractivity contribution < 1.29 is 5.11 Å². The number of halogens is 1. The monoisotopic (exact) mass is 202 g/mol. The first kappa shape index (κ1) is 10.5. The molecule has 13 heavy (non-hydrogen) atoms. The van der Waals surface area contributed by atoms with Crippen LogP contribution in [0.3, 0.4) is 0 Å². The Labute approximate surface area is 83.3 Å². The summed E-state index contributed by atoms with van der Waals surface area (Å²) < 4.78 is 1.73. The largest absolute Gasteiger partial charge is 0.393 e. The minimum atomic E-state index is -0.301. The Balaban J connectivity index is 2.62. The Morgan fingerprint density at radius 3 is 2.85 bits per heavy atom. The molecule has 1 heterocycles. The summed E-state index contributed by atoms with van der Waals surface area (Å²) in [6.45, 7) is 4.48. The normalized spacial score (nSPS) is 13.2. The van der Waals surface area contributed by atoms with Gasteiger partial charge in [0.15, 0.2) is 0 Å². The molecule has 1 unspecified atom stereocenters. The highest BCUT2D eigenvalue weighted by Crippen LogP contribution is 2.16. The molecular weight excluding hydrogens is 188 g/mol. The summed E-state index contributed by atoms with van der Waals surface area (Å²) in [4.78, 5) is 0. The molecule has 0 radical (unpaired) electrons. The number of hydrogen-bond donors (Lipinski definition) is 1. The minimum absolute atomic E-state index is 0.301. The molecular formula is C9H15ClN2O. The number of aliphatic hydroxyl groups excluding tert-OH is 1. The summed E-state index contributed by atoms with van der Waals surface area (Å²) in [5.74, 6) is 0. The van der Waals surface area contributed by atoms with Gasteiger partial charge in [-0.3, -0.25) is 4.68 Å². The third-order valence-electron chi connectivity index (χ3n) is 1.98. The Hall–Kier alpha value is -0.540. The summed E-state index contributed by atoms with van der Waals surface area (Å²) in [6, 6.07) is 0. The molecule has 0 amide bonds. The molecule has 1 aromatic heterocycles. The molecule has 0 fully saturated rings. The number of aliphatic hydroxyl groups is 1. The van der Waals surface area contributed by atoms with E-state index in [9.17, 15) is 0 Å². The Morgan fingerprint density at radius 1 is 1.69 bits per heavy atom. The van der Waals surface area contributed by atoms with Gasteiger partial charge in [0.1, 0.15) is 5.15 Å². The van der Waals surface area contributed by atoms with Crippen LogP contribution in [0.2, 0.25) is 5.15 Å². The van der Waals surface area contributed by atoms with E-state index in [1.807, 2.05) is 6.92 Å². The van der Waals surface area contributed by atoms with Gasteiger partial charge in [0.25, 0.3) is 0 Å². The van der Waals surface area contributed by atoms with Crippen molar-refractivity contribution in [1.29, 1.82) is 0 Å². The molecule has 3 nitrogen and oxygen atoms in total. The van der Waals surface area contributed by atoms with Crippen LogP contribution in [0.15, 0.2) is 6.20 Å². The van der Waals surface area contributed by atoms with E-state index in [4.69, 9.17) is 16.7 Å². The minimum Gasteiger partial charge on any atom is -0.393 e. The molecule has 0 saturated carbocycles. The second kappa shape index (κ2) is 4.63. The van der Waals surface area contributed by atoms with Gasteiger partial charge in [-0.2, -0.15) is 5.10 Å². The molecule has 0 saturated heterocycles. The molecule has 1 N–H and O–H groups in total. The molecule has 1 atom stereocenters. The van der Waals surface area contributed by atoms with Gasteiger partial charge in [-0.25, -0.2) is 0 Å². The lowest BCUT2D eigenvalue weighted by Crippen LogP contribution is -2.08. The zero-order valence-electron chi connectivity index (χ0n) is 8.00. The number of aromatic nitrogens is 2. The SMILES string of the molecule is CCc1cnn(CCC(C)O)c1Cl. The van der Waals surface area contributed by atoms with E-state index in [1.165, 1.54) is 0 Å². The Bertz CT molecular complexity index is 271. The maximum atomic E-state index is 9.08. The maximum Gasteiger partial charge on any atom is 0.130 e. The fraction of sp³-hybridized carbons (Fsp3) is 0.667. The van der Waals surface area contributed by atoms with Crippen molar-refractivity contribution in [3.8, 4) is 0 Å². The lowest BCUT2D eigenvalue weighted by Gasteiger charge is -2.05. The van der Waals surface area contributed by atoms with E-state index >= 15 is 0 Å². The summed E-state index contributed by atoms with van der Waals surface area (Å²) in [5, 5.41) is 13.9. The lowest BCUT2D eigenvalue weighted by molar-refractivity contribution is 0.176. The first-order valence-corrected chi connectivity index (χ1v) is 4.91. The maximum absolute atomic E-state index is 9.08. The van der Waals surface area contributed by atoms with Gasteiger partial charge in [0.2, 0.25) is 0 Å². The fourth-order valence-electron chi connectivity index (χ4n) is 1.11. The molecule has 4 heteroatoms. The molecule has 0 spiro atoms. The van der Waals surface area contributed by atoms with Crippen LogP contribution in [-0.4, -0.2) is 21.0 Å². The second-order valence-corrected chi connectivity index (χ2v) is 3.53. The van der Waals surface area contributed by atoms with Gasteiger partial charge >= 0.3 is 0 Å². The molecule has 74 valence electrons. The van der Waals surface area contributed by atoms with Crippen LogP contribution >= 0.6 is 11.6 Å². The van der Waals surface area contributed by atoms with Crippen LogP contribution in [0.1, 0.15) is 25.8 Å². The van der Waals surface area contributed by atoms with Gasteiger partial charge in [-0.15, -0.1) is 0 Å². The van der Waals surface area contributed by atoms with E-state index < -0.39 is 0 Å². The third-order valence-corrected chi connectivity index (χ3v) is 2.42. The molecule has 0 bridgehead atoms. The van der Waals surface area contributed by atoms with E-state index in [-0.39, 0.29) is 6.10 Å². The number of nitrogens with zero attached hydrogens (tertiary/aromatic N) is 2. The van der Waals surface area contributed by atoms with Crippen molar-refractivity contribution >= 4 is 11.6 Å². The highest BCUT2D eigenvalue weighted by atomic mass is 35.5. The zero-order chi connectivity index (χ0) is 9.84. The highest BCUT2D eigenvalue weighted by molar-refractivity contribution is 6.30. The van der Waals surface area contributed by atoms with Crippen molar-refractivity contribution in [2.75, 3.05) is 0 Å². The molecule has 1 rings (SSSR count). The summed E-state index contributed by atoms with van der Waals surface area (Å²) in [6.07, 6.45) is 3.06. The van der Waals surface area contributed by atoms with Gasteiger partial charge in [0.05, 0.1) is 12.3 Å². The molecule has 0 aliphatic heterocycles. The molecule has 1 aromatic rings. The Morgan fingerprint density at radius 2 is 2.38 bits per heavy atom. The van der Waals surface area contributed by atoms with E-state index in [0.717, 1.165) is 12.0 Å². The Kier molecular flexibility index (Phi) is 3.75. The lowest BCUT2D eigenvalue weighted by atomic mass is 10.3. The zero-order valence-corrected chi connectivity index (χ0v) is 8.75. The van der Waals surface area contributed by atoms with Crippen LogP contribution in [-0.2, 0) is 13.0 Å². The van der Waals surface area contributed by atoms with Crippen LogP contribution in [0, 0.1) is 0 Å². The topological polar surface area (TPSA) is 38.0 Å². The van der Waals surface area contributed by atoms with Crippen molar-refractivity contribution in [1.82, 2.24) is 9.78 Å². The van der Waals surface area contributed by atoms with Crippen LogP contribution in [0.5, 0.6) is 0 Å².